The minimum absolute atomic E-state index is 0.0545. The largest absolute Gasteiger partial charge is 0.481 e. The average Bonchev–Trinajstić information content (AvgIpc) is 2.52. The van der Waals surface area contributed by atoms with Gasteiger partial charge in [0.05, 0.1) is 0 Å². The fourth-order valence-electron chi connectivity index (χ4n) is 2.82. The second-order valence-electron chi connectivity index (χ2n) is 6.13. The van der Waals surface area contributed by atoms with E-state index in [1.165, 1.54) is 0 Å². The van der Waals surface area contributed by atoms with Crippen LogP contribution in [0, 0.1) is 13.8 Å². The minimum Gasteiger partial charge on any atom is -0.481 e. The smallest absolute Gasteiger partial charge is 0.303 e. The van der Waals surface area contributed by atoms with Crippen LogP contribution in [0.25, 0.3) is 0 Å². The van der Waals surface area contributed by atoms with Crippen molar-refractivity contribution in [3.63, 3.8) is 0 Å². The third kappa shape index (κ3) is 5.31. The van der Waals surface area contributed by atoms with E-state index in [-0.39, 0.29) is 18.0 Å². The lowest BCUT2D eigenvalue weighted by molar-refractivity contribution is -0.137. The number of H-pyrrole nitrogens is 1. The summed E-state index contributed by atoms with van der Waals surface area (Å²) in [5, 5.41) is 11.7. The number of aromatic amines is 1. The molecule has 25 heavy (non-hydrogen) atoms. The van der Waals surface area contributed by atoms with Gasteiger partial charge < -0.3 is 15.4 Å². The molecule has 0 aliphatic rings. The van der Waals surface area contributed by atoms with Gasteiger partial charge in [-0.1, -0.05) is 30.3 Å². The molecule has 0 bridgehead atoms. The van der Waals surface area contributed by atoms with E-state index in [0.717, 1.165) is 5.56 Å². The molecule has 0 saturated heterocycles. The standard InChI is InChI=1S/C19H22N2O4/c1-12-10-13(2)20-18(24)17(12)19(25)21-15(8-9-16(22)23)11-14-6-4-3-5-7-14/h3-7,10,15H,8-9,11H2,1-2H3,(H,20,24)(H,21,25)(H,22,23). The van der Waals surface area contributed by atoms with Crippen LogP contribution < -0.4 is 10.9 Å². The predicted octanol–water partition coefficient (Wildman–Crippen LogP) is 2.20. The summed E-state index contributed by atoms with van der Waals surface area (Å²) in [5.41, 5.74) is 1.90. The van der Waals surface area contributed by atoms with E-state index in [1.54, 1.807) is 19.9 Å². The topological polar surface area (TPSA) is 99.3 Å². The van der Waals surface area contributed by atoms with E-state index < -0.39 is 17.4 Å². The number of hydrogen-bond acceptors (Lipinski definition) is 3. The van der Waals surface area contributed by atoms with E-state index >= 15 is 0 Å². The maximum atomic E-state index is 12.6. The highest BCUT2D eigenvalue weighted by Crippen LogP contribution is 2.10. The number of aliphatic carboxylic acids is 1. The highest BCUT2D eigenvalue weighted by atomic mass is 16.4. The minimum atomic E-state index is -0.920. The van der Waals surface area contributed by atoms with E-state index in [4.69, 9.17) is 5.11 Å². The molecule has 0 aliphatic heterocycles. The van der Waals surface area contributed by atoms with Gasteiger partial charge in [-0.15, -0.1) is 0 Å². The van der Waals surface area contributed by atoms with Crippen molar-refractivity contribution in [2.24, 2.45) is 0 Å². The number of amides is 1. The van der Waals surface area contributed by atoms with Gasteiger partial charge in [-0.25, -0.2) is 0 Å². The normalized spacial score (nSPS) is 11.8. The number of carboxylic acids is 1. The molecular formula is C19H22N2O4. The summed E-state index contributed by atoms with van der Waals surface area (Å²) < 4.78 is 0. The molecule has 0 aliphatic carbocycles. The summed E-state index contributed by atoms with van der Waals surface area (Å²) in [6, 6.07) is 10.9. The summed E-state index contributed by atoms with van der Waals surface area (Å²) in [5.74, 6) is -1.40. The second-order valence-corrected chi connectivity index (χ2v) is 6.13. The van der Waals surface area contributed by atoms with Gasteiger partial charge in [0.1, 0.15) is 5.56 Å². The van der Waals surface area contributed by atoms with Crippen LogP contribution >= 0.6 is 0 Å². The van der Waals surface area contributed by atoms with Crippen molar-refractivity contribution in [2.75, 3.05) is 0 Å². The molecule has 1 amide bonds. The first-order valence-electron chi connectivity index (χ1n) is 8.14. The number of carboxylic acid groups (broad SMARTS) is 1. The second kappa shape index (κ2) is 8.28. The Labute approximate surface area is 145 Å². The Kier molecular flexibility index (Phi) is 6.11. The third-order valence-corrected chi connectivity index (χ3v) is 3.96. The summed E-state index contributed by atoms with van der Waals surface area (Å²) in [6.45, 7) is 3.46. The van der Waals surface area contributed by atoms with Crippen LogP contribution in [0.5, 0.6) is 0 Å². The van der Waals surface area contributed by atoms with Crippen LogP contribution in [-0.4, -0.2) is 28.0 Å². The molecule has 0 fully saturated rings. The van der Waals surface area contributed by atoms with E-state index in [2.05, 4.69) is 10.3 Å². The molecule has 132 valence electrons. The van der Waals surface area contributed by atoms with Crippen molar-refractivity contribution < 1.29 is 14.7 Å². The van der Waals surface area contributed by atoms with Gasteiger partial charge in [-0.2, -0.15) is 0 Å². The molecule has 0 spiro atoms. The van der Waals surface area contributed by atoms with E-state index in [0.29, 0.717) is 24.1 Å². The molecule has 1 unspecified atom stereocenters. The quantitative estimate of drug-likeness (QED) is 0.718. The third-order valence-electron chi connectivity index (χ3n) is 3.96. The van der Waals surface area contributed by atoms with Crippen molar-refractivity contribution >= 4 is 11.9 Å². The van der Waals surface area contributed by atoms with Gasteiger partial charge in [0.2, 0.25) is 0 Å². The molecule has 2 aromatic rings. The first-order valence-corrected chi connectivity index (χ1v) is 8.14. The Hall–Kier alpha value is -2.89. The van der Waals surface area contributed by atoms with Crippen LogP contribution in [0.3, 0.4) is 0 Å². The molecule has 6 heteroatoms. The molecule has 6 nitrogen and oxygen atoms in total. The average molecular weight is 342 g/mol. The fraction of sp³-hybridized carbons (Fsp3) is 0.316. The summed E-state index contributed by atoms with van der Waals surface area (Å²) in [4.78, 5) is 38.2. The van der Waals surface area contributed by atoms with Crippen LogP contribution in [0.15, 0.2) is 41.2 Å². The zero-order valence-corrected chi connectivity index (χ0v) is 14.3. The van der Waals surface area contributed by atoms with Gasteiger partial charge in [0.15, 0.2) is 0 Å². The number of carbonyl (C=O) groups is 2. The lowest BCUT2D eigenvalue weighted by Gasteiger charge is -2.19. The van der Waals surface area contributed by atoms with Gasteiger partial charge in [-0.3, -0.25) is 14.4 Å². The van der Waals surface area contributed by atoms with Crippen molar-refractivity contribution in [1.29, 1.82) is 0 Å². The molecule has 2 rings (SSSR count). The molecule has 3 N–H and O–H groups in total. The number of rotatable bonds is 7. The van der Waals surface area contributed by atoms with E-state index in [9.17, 15) is 14.4 Å². The molecule has 1 atom stereocenters. The van der Waals surface area contributed by atoms with Crippen molar-refractivity contribution in [1.82, 2.24) is 10.3 Å². The SMILES string of the molecule is Cc1cc(C)c(C(=O)NC(CCC(=O)O)Cc2ccccc2)c(=O)[nH]1. The molecule has 0 saturated carbocycles. The Morgan fingerprint density at radius 1 is 1.20 bits per heavy atom. The Balaban J connectivity index is 2.19. The summed E-state index contributed by atoms with van der Waals surface area (Å²) in [6.07, 6.45) is 0.739. The zero-order valence-electron chi connectivity index (χ0n) is 14.3. The Morgan fingerprint density at radius 3 is 2.48 bits per heavy atom. The first kappa shape index (κ1) is 18.4. The van der Waals surface area contributed by atoms with Crippen molar-refractivity contribution in [2.45, 2.75) is 39.2 Å². The lowest BCUT2D eigenvalue weighted by Crippen LogP contribution is -2.40. The van der Waals surface area contributed by atoms with Crippen molar-refractivity contribution in [3.05, 3.63) is 69.1 Å². The molecule has 1 aromatic heterocycles. The number of benzene rings is 1. The zero-order chi connectivity index (χ0) is 18.4. The molecular weight excluding hydrogens is 320 g/mol. The number of aryl methyl sites for hydroxylation is 2. The number of carbonyl (C=O) groups excluding carboxylic acids is 1. The monoisotopic (exact) mass is 342 g/mol. The van der Waals surface area contributed by atoms with E-state index in [1.807, 2.05) is 30.3 Å². The van der Waals surface area contributed by atoms with Crippen molar-refractivity contribution in [3.8, 4) is 0 Å². The maximum Gasteiger partial charge on any atom is 0.303 e. The van der Waals surface area contributed by atoms with Gasteiger partial charge in [-0.05, 0) is 43.9 Å². The van der Waals surface area contributed by atoms with Gasteiger partial charge in [0, 0.05) is 18.2 Å². The number of nitrogens with one attached hydrogen (secondary N) is 2. The van der Waals surface area contributed by atoms with Crippen LogP contribution in [-0.2, 0) is 11.2 Å². The highest BCUT2D eigenvalue weighted by Gasteiger charge is 2.19. The lowest BCUT2D eigenvalue weighted by atomic mass is 10.0. The maximum absolute atomic E-state index is 12.6. The number of hydrogen-bond donors (Lipinski definition) is 3. The van der Waals surface area contributed by atoms with Crippen LogP contribution in [0.1, 0.15) is 40.0 Å². The molecule has 0 radical (unpaired) electrons. The molecule has 1 aromatic carbocycles. The van der Waals surface area contributed by atoms with Gasteiger partial charge in [0.25, 0.3) is 11.5 Å². The van der Waals surface area contributed by atoms with Crippen LogP contribution in [0.4, 0.5) is 0 Å². The fourth-order valence-corrected chi connectivity index (χ4v) is 2.82. The first-order chi connectivity index (χ1) is 11.9. The molecule has 1 heterocycles. The Bertz CT molecular complexity index is 812. The summed E-state index contributed by atoms with van der Waals surface area (Å²) >= 11 is 0. The number of aromatic nitrogens is 1. The highest BCUT2D eigenvalue weighted by molar-refractivity contribution is 5.95. The van der Waals surface area contributed by atoms with Crippen LogP contribution in [0.2, 0.25) is 0 Å². The summed E-state index contributed by atoms with van der Waals surface area (Å²) in [7, 11) is 0. The predicted molar refractivity (Wildman–Crippen MR) is 94.8 cm³/mol. The Morgan fingerprint density at radius 2 is 1.88 bits per heavy atom. The number of pyridine rings is 1. The van der Waals surface area contributed by atoms with Gasteiger partial charge >= 0.3 is 5.97 Å².